The number of aliphatic carboxylic acids is 1. The topological polar surface area (TPSA) is 66.4 Å². The first-order valence-electron chi connectivity index (χ1n) is 9.31. The number of carbonyl (C=O) groups excluding carboxylic acids is 1. The number of hydrogen-bond acceptors (Lipinski definition) is 2. The van der Waals surface area contributed by atoms with Crippen molar-refractivity contribution in [1.29, 1.82) is 0 Å². The molecule has 4 nitrogen and oxygen atoms in total. The summed E-state index contributed by atoms with van der Waals surface area (Å²) in [5, 5.41) is 12.9. The molecule has 4 heteroatoms. The summed E-state index contributed by atoms with van der Waals surface area (Å²) in [5.41, 5.74) is 0. The Labute approximate surface area is 136 Å². The second-order valence-corrected chi connectivity index (χ2v) is 8.80. The first-order chi connectivity index (χ1) is 11.1. The monoisotopic (exact) mass is 315 g/mol. The van der Waals surface area contributed by atoms with Gasteiger partial charge >= 0.3 is 5.97 Å². The van der Waals surface area contributed by atoms with Crippen molar-refractivity contribution in [3.63, 3.8) is 0 Å². The van der Waals surface area contributed by atoms with Gasteiger partial charge < -0.3 is 10.4 Å². The zero-order valence-corrected chi connectivity index (χ0v) is 13.4. The lowest BCUT2D eigenvalue weighted by Crippen LogP contribution is -2.57. The van der Waals surface area contributed by atoms with Gasteiger partial charge in [0.25, 0.3) is 0 Å². The van der Waals surface area contributed by atoms with Crippen LogP contribution in [0.5, 0.6) is 0 Å². The van der Waals surface area contributed by atoms with Crippen molar-refractivity contribution in [2.75, 3.05) is 0 Å². The van der Waals surface area contributed by atoms with Crippen LogP contribution < -0.4 is 5.32 Å². The number of rotatable bonds is 3. The lowest BCUT2D eigenvalue weighted by molar-refractivity contribution is -0.148. The van der Waals surface area contributed by atoms with Crippen LogP contribution in [0.2, 0.25) is 0 Å². The molecule has 0 unspecified atom stereocenters. The van der Waals surface area contributed by atoms with Gasteiger partial charge in [0, 0.05) is 6.04 Å². The summed E-state index contributed by atoms with van der Waals surface area (Å²) in [7, 11) is 0. The second kappa shape index (κ2) is 4.84. The van der Waals surface area contributed by atoms with Gasteiger partial charge in [-0.05, 0) is 74.0 Å². The number of allylic oxidation sites excluding steroid dienone is 2. The van der Waals surface area contributed by atoms with E-state index in [1.54, 1.807) is 0 Å². The van der Waals surface area contributed by atoms with Crippen LogP contribution in [0.25, 0.3) is 0 Å². The van der Waals surface area contributed by atoms with E-state index in [-0.39, 0.29) is 23.7 Å². The molecule has 1 amide bonds. The van der Waals surface area contributed by atoms with E-state index >= 15 is 0 Å². The molecular formula is C19H25NO3. The van der Waals surface area contributed by atoms with Crippen LogP contribution in [-0.4, -0.2) is 23.0 Å². The smallest absolute Gasteiger partial charge is 0.307 e. The summed E-state index contributed by atoms with van der Waals surface area (Å²) >= 11 is 0. The number of amides is 1. The average Bonchev–Trinajstić information content (AvgIpc) is 3.10. The van der Waals surface area contributed by atoms with Gasteiger partial charge in [-0.15, -0.1) is 0 Å². The van der Waals surface area contributed by atoms with Crippen LogP contribution in [0.1, 0.15) is 38.5 Å². The molecule has 0 aliphatic heterocycles. The highest BCUT2D eigenvalue weighted by molar-refractivity contribution is 5.87. The Balaban J connectivity index is 1.34. The normalized spacial score (nSPS) is 52.1. The molecule has 0 saturated heterocycles. The Morgan fingerprint density at radius 1 is 0.826 bits per heavy atom. The molecule has 0 aromatic heterocycles. The van der Waals surface area contributed by atoms with Crippen LogP contribution >= 0.6 is 0 Å². The highest BCUT2D eigenvalue weighted by Gasteiger charge is 2.54. The van der Waals surface area contributed by atoms with Gasteiger partial charge in [-0.1, -0.05) is 12.2 Å². The first-order valence-corrected chi connectivity index (χ1v) is 9.31. The third kappa shape index (κ3) is 2.03. The molecule has 6 aliphatic rings. The van der Waals surface area contributed by atoms with Gasteiger partial charge in [0.05, 0.1) is 11.8 Å². The summed E-state index contributed by atoms with van der Waals surface area (Å²) in [4.78, 5) is 24.6. The fourth-order valence-corrected chi connectivity index (χ4v) is 6.94. The highest BCUT2D eigenvalue weighted by atomic mass is 16.4. The Morgan fingerprint density at radius 3 is 1.96 bits per heavy atom. The predicted octanol–water partition coefficient (Wildman–Crippen LogP) is 2.45. The summed E-state index contributed by atoms with van der Waals surface area (Å²) in [6, 6.07) is 0.313. The molecule has 124 valence electrons. The quantitative estimate of drug-likeness (QED) is 0.786. The number of fused-ring (bicyclic) bond motifs is 2. The Bertz CT molecular complexity index is 555. The number of carboxylic acid groups (broad SMARTS) is 1. The molecule has 2 N–H and O–H groups in total. The third-order valence-electron chi connectivity index (χ3n) is 7.58. The van der Waals surface area contributed by atoms with Gasteiger partial charge in [-0.25, -0.2) is 0 Å². The highest BCUT2D eigenvalue weighted by Crippen LogP contribution is 2.54. The molecule has 0 radical (unpaired) electrons. The van der Waals surface area contributed by atoms with Crippen molar-refractivity contribution in [3.05, 3.63) is 12.2 Å². The summed E-state index contributed by atoms with van der Waals surface area (Å²) in [6.45, 7) is 0. The van der Waals surface area contributed by atoms with E-state index in [4.69, 9.17) is 0 Å². The van der Waals surface area contributed by atoms with Crippen molar-refractivity contribution >= 4 is 11.9 Å². The van der Waals surface area contributed by atoms with Gasteiger partial charge in [0.1, 0.15) is 0 Å². The van der Waals surface area contributed by atoms with Crippen LogP contribution in [0.3, 0.4) is 0 Å². The molecule has 0 heterocycles. The SMILES string of the molecule is O=C(O)[C@@H]1[C@@H](C(=O)NC2C3CC4CC(C3)CC2C4)[C@H]2C=C[C@@H]1C2. The minimum atomic E-state index is -0.799. The van der Waals surface area contributed by atoms with Gasteiger partial charge in [-0.2, -0.15) is 0 Å². The van der Waals surface area contributed by atoms with E-state index in [1.165, 1.54) is 32.1 Å². The zero-order valence-electron chi connectivity index (χ0n) is 13.4. The van der Waals surface area contributed by atoms with Crippen molar-refractivity contribution in [1.82, 2.24) is 5.32 Å². The number of hydrogen-bond donors (Lipinski definition) is 2. The summed E-state index contributed by atoms with van der Waals surface area (Å²) < 4.78 is 0. The lowest BCUT2D eigenvalue weighted by atomic mass is 9.54. The molecule has 0 aromatic rings. The number of carboxylic acids is 1. The van der Waals surface area contributed by atoms with Gasteiger partial charge in [0.15, 0.2) is 0 Å². The molecule has 5 fully saturated rings. The summed E-state index contributed by atoms with van der Waals surface area (Å²) in [5.74, 6) is 1.64. The Kier molecular flexibility index (Phi) is 2.96. The molecular weight excluding hydrogens is 290 g/mol. The lowest BCUT2D eigenvalue weighted by Gasteiger charge is -2.54. The predicted molar refractivity (Wildman–Crippen MR) is 84.3 cm³/mol. The molecule has 4 atom stereocenters. The van der Waals surface area contributed by atoms with Gasteiger partial charge in [0.2, 0.25) is 5.91 Å². The van der Waals surface area contributed by atoms with E-state index in [1.807, 2.05) is 6.08 Å². The maximum atomic E-state index is 12.9. The molecule has 5 saturated carbocycles. The van der Waals surface area contributed by atoms with E-state index in [0.29, 0.717) is 17.9 Å². The third-order valence-corrected chi connectivity index (χ3v) is 7.58. The van der Waals surface area contributed by atoms with Crippen molar-refractivity contribution < 1.29 is 14.7 Å². The van der Waals surface area contributed by atoms with E-state index in [2.05, 4.69) is 11.4 Å². The van der Waals surface area contributed by atoms with E-state index in [9.17, 15) is 14.7 Å². The van der Waals surface area contributed by atoms with Crippen molar-refractivity contribution in [2.24, 2.45) is 47.3 Å². The van der Waals surface area contributed by atoms with Gasteiger partial charge in [-0.3, -0.25) is 9.59 Å². The number of nitrogens with one attached hydrogen (secondary N) is 1. The van der Waals surface area contributed by atoms with Crippen molar-refractivity contribution in [2.45, 2.75) is 44.6 Å². The Morgan fingerprint density at radius 2 is 1.39 bits per heavy atom. The first kappa shape index (κ1) is 14.1. The van der Waals surface area contributed by atoms with E-state index < -0.39 is 11.9 Å². The second-order valence-electron chi connectivity index (χ2n) is 8.80. The average molecular weight is 315 g/mol. The number of carbonyl (C=O) groups is 2. The van der Waals surface area contributed by atoms with Crippen LogP contribution in [0, 0.1) is 47.3 Å². The molecule has 6 bridgehead atoms. The maximum absolute atomic E-state index is 12.9. The zero-order chi connectivity index (χ0) is 15.7. The summed E-state index contributed by atoms with van der Waals surface area (Å²) in [6.07, 6.45) is 11.4. The Hall–Kier alpha value is -1.32. The fourth-order valence-electron chi connectivity index (χ4n) is 6.94. The van der Waals surface area contributed by atoms with Crippen LogP contribution in [0.15, 0.2) is 12.2 Å². The molecule has 6 aliphatic carbocycles. The molecule has 23 heavy (non-hydrogen) atoms. The van der Waals surface area contributed by atoms with Crippen LogP contribution in [0.4, 0.5) is 0 Å². The minimum Gasteiger partial charge on any atom is -0.481 e. The molecule has 0 spiro atoms. The molecule has 6 rings (SSSR count). The van der Waals surface area contributed by atoms with Crippen molar-refractivity contribution in [3.8, 4) is 0 Å². The maximum Gasteiger partial charge on any atom is 0.307 e. The fraction of sp³-hybridized carbons (Fsp3) is 0.789. The minimum absolute atomic E-state index is 0.0201. The largest absolute Gasteiger partial charge is 0.481 e. The van der Waals surface area contributed by atoms with Crippen LogP contribution in [-0.2, 0) is 9.59 Å². The standard InChI is InChI=1S/C19H25NO3/c21-18(15-11-1-2-12(8-11)16(15)19(22)23)20-17-13-4-9-3-10(6-13)7-14(17)5-9/h1-2,9-17H,3-8H2,(H,20,21)(H,22,23)/t9?,10?,11-,12+,13?,14?,15-,16-,17?/m0/s1. The molecule has 0 aromatic carbocycles. The van der Waals surface area contributed by atoms with E-state index in [0.717, 1.165) is 18.3 Å².